The van der Waals surface area contributed by atoms with Gasteiger partial charge in [0.15, 0.2) is 0 Å². The number of hydrogen-bond acceptors (Lipinski definition) is 3. The van der Waals surface area contributed by atoms with Crippen LogP contribution in [0.15, 0.2) is 18.5 Å². The topological polar surface area (TPSA) is 34.2 Å². The zero-order valence-corrected chi connectivity index (χ0v) is 10.2. The van der Waals surface area contributed by atoms with Crippen LogP contribution in [0.1, 0.15) is 31.4 Å². The fraction of sp³-hybridized carbons (Fsp3) is 0.615. The molecule has 1 saturated heterocycles. The van der Waals surface area contributed by atoms with E-state index in [0.717, 1.165) is 38.2 Å². The highest BCUT2D eigenvalue weighted by Crippen LogP contribution is 2.28. The molecule has 0 spiro atoms. The molecule has 0 saturated carbocycles. The molecule has 0 amide bonds. The lowest BCUT2D eigenvalue weighted by Crippen LogP contribution is -2.29. The van der Waals surface area contributed by atoms with Crippen LogP contribution in [0.2, 0.25) is 0 Å². The van der Waals surface area contributed by atoms with Crippen molar-refractivity contribution < 1.29 is 9.13 Å². The molecule has 0 aromatic carbocycles. The van der Waals surface area contributed by atoms with E-state index >= 15 is 0 Å². The van der Waals surface area contributed by atoms with E-state index in [-0.39, 0.29) is 11.9 Å². The summed E-state index contributed by atoms with van der Waals surface area (Å²) >= 11 is 0. The standard InChI is InChI=1S/C13H19FN2O/c1-2-4-16-13(10-3-5-17-9-10)11-6-12(14)8-15-7-11/h6-8,10,13,16H,2-5,9H2,1H3. The number of aromatic nitrogens is 1. The van der Waals surface area contributed by atoms with Crippen molar-refractivity contribution in [3.8, 4) is 0 Å². The molecule has 94 valence electrons. The highest BCUT2D eigenvalue weighted by molar-refractivity contribution is 5.16. The zero-order valence-electron chi connectivity index (χ0n) is 10.2. The van der Waals surface area contributed by atoms with Crippen molar-refractivity contribution in [3.63, 3.8) is 0 Å². The van der Waals surface area contributed by atoms with E-state index in [1.807, 2.05) is 0 Å². The number of nitrogens with one attached hydrogen (secondary N) is 1. The molecule has 1 fully saturated rings. The van der Waals surface area contributed by atoms with Crippen molar-refractivity contribution in [1.29, 1.82) is 0 Å². The Bertz CT molecular complexity index is 353. The summed E-state index contributed by atoms with van der Waals surface area (Å²) in [5.41, 5.74) is 0.925. The second-order valence-corrected chi connectivity index (χ2v) is 4.49. The molecule has 1 aliphatic heterocycles. The van der Waals surface area contributed by atoms with Gasteiger partial charge in [-0.2, -0.15) is 0 Å². The predicted molar refractivity (Wildman–Crippen MR) is 64.2 cm³/mol. The second-order valence-electron chi connectivity index (χ2n) is 4.49. The van der Waals surface area contributed by atoms with Crippen LogP contribution < -0.4 is 5.32 Å². The van der Waals surface area contributed by atoms with Gasteiger partial charge in [0.1, 0.15) is 5.82 Å². The Morgan fingerprint density at radius 3 is 3.12 bits per heavy atom. The molecule has 1 aromatic rings. The monoisotopic (exact) mass is 238 g/mol. The van der Waals surface area contributed by atoms with Gasteiger partial charge in [0.25, 0.3) is 0 Å². The highest BCUT2D eigenvalue weighted by Gasteiger charge is 2.26. The third-order valence-corrected chi connectivity index (χ3v) is 3.14. The van der Waals surface area contributed by atoms with Crippen LogP contribution in [0.4, 0.5) is 4.39 Å². The summed E-state index contributed by atoms with van der Waals surface area (Å²) in [5, 5.41) is 3.47. The number of pyridine rings is 1. The molecule has 2 rings (SSSR count). The fourth-order valence-corrected chi connectivity index (χ4v) is 2.27. The van der Waals surface area contributed by atoms with Gasteiger partial charge in [0.2, 0.25) is 0 Å². The van der Waals surface area contributed by atoms with Gasteiger partial charge in [-0.25, -0.2) is 4.39 Å². The molecule has 17 heavy (non-hydrogen) atoms. The van der Waals surface area contributed by atoms with Crippen LogP contribution in [0, 0.1) is 11.7 Å². The number of rotatable bonds is 5. The Morgan fingerprint density at radius 1 is 1.59 bits per heavy atom. The van der Waals surface area contributed by atoms with Crippen molar-refractivity contribution in [1.82, 2.24) is 10.3 Å². The minimum absolute atomic E-state index is 0.153. The van der Waals surface area contributed by atoms with E-state index in [2.05, 4.69) is 17.2 Å². The number of halogens is 1. The van der Waals surface area contributed by atoms with E-state index in [1.54, 1.807) is 12.3 Å². The molecule has 2 heterocycles. The molecule has 1 N–H and O–H groups in total. The summed E-state index contributed by atoms with van der Waals surface area (Å²) < 4.78 is 18.6. The number of hydrogen-bond donors (Lipinski definition) is 1. The smallest absolute Gasteiger partial charge is 0.141 e. The normalized spacial score (nSPS) is 21.6. The van der Waals surface area contributed by atoms with Crippen LogP contribution >= 0.6 is 0 Å². The Morgan fingerprint density at radius 2 is 2.47 bits per heavy atom. The van der Waals surface area contributed by atoms with Gasteiger partial charge in [-0.3, -0.25) is 4.98 Å². The van der Waals surface area contributed by atoms with Crippen molar-refractivity contribution >= 4 is 0 Å². The molecule has 2 unspecified atom stereocenters. The summed E-state index contributed by atoms with van der Waals surface area (Å²) in [7, 11) is 0. The molecule has 0 bridgehead atoms. The summed E-state index contributed by atoms with van der Waals surface area (Å²) in [6, 6.07) is 1.72. The molecule has 2 atom stereocenters. The van der Waals surface area contributed by atoms with E-state index < -0.39 is 0 Å². The van der Waals surface area contributed by atoms with Gasteiger partial charge in [0, 0.05) is 24.8 Å². The average molecular weight is 238 g/mol. The van der Waals surface area contributed by atoms with Crippen molar-refractivity contribution in [2.24, 2.45) is 5.92 Å². The van der Waals surface area contributed by atoms with Crippen LogP contribution in [0.5, 0.6) is 0 Å². The average Bonchev–Trinajstić information content (AvgIpc) is 2.83. The predicted octanol–water partition coefficient (Wildman–Crippen LogP) is 2.30. The van der Waals surface area contributed by atoms with Crippen molar-refractivity contribution in [3.05, 3.63) is 29.8 Å². The molecule has 1 aliphatic rings. The van der Waals surface area contributed by atoms with Gasteiger partial charge in [-0.15, -0.1) is 0 Å². The SMILES string of the molecule is CCCNC(c1cncc(F)c1)C1CCOC1. The van der Waals surface area contributed by atoms with E-state index in [4.69, 9.17) is 4.74 Å². The molecule has 4 heteroatoms. The minimum Gasteiger partial charge on any atom is -0.381 e. The first-order valence-electron chi connectivity index (χ1n) is 6.23. The molecule has 1 aromatic heterocycles. The third-order valence-electron chi connectivity index (χ3n) is 3.14. The van der Waals surface area contributed by atoms with Gasteiger partial charge in [0.05, 0.1) is 12.8 Å². The highest BCUT2D eigenvalue weighted by atomic mass is 19.1. The molecular formula is C13H19FN2O. The first-order valence-corrected chi connectivity index (χ1v) is 6.23. The molecular weight excluding hydrogens is 219 g/mol. The summed E-state index contributed by atoms with van der Waals surface area (Å²) in [5.74, 6) is 0.148. The maximum absolute atomic E-state index is 13.2. The summed E-state index contributed by atoms with van der Waals surface area (Å²) in [4.78, 5) is 3.93. The van der Waals surface area contributed by atoms with E-state index in [9.17, 15) is 4.39 Å². The second kappa shape index (κ2) is 6.07. The fourth-order valence-electron chi connectivity index (χ4n) is 2.27. The minimum atomic E-state index is -0.273. The largest absolute Gasteiger partial charge is 0.381 e. The van der Waals surface area contributed by atoms with Gasteiger partial charge >= 0.3 is 0 Å². The third kappa shape index (κ3) is 3.23. The Kier molecular flexibility index (Phi) is 4.45. The summed E-state index contributed by atoms with van der Waals surface area (Å²) in [6.07, 6.45) is 5.07. The van der Waals surface area contributed by atoms with Crippen molar-refractivity contribution in [2.75, 3.05) is 19.8 Å². The molecule has 3 nitrogen and oxygen atoms in total. The Hall–Kier alpha value is -1.00. The number of nitrogens with zero attached hydrogens (tertiary/aromatic N) is 1. The zero-order chi connectivity index (χ0) is 12.1. The Balaban J connectivity index is 2.13. The number of ether oxygens (including phenoxy) is 1. The molecule has 0 radical (unpaired) electrons. The lowest BCUT2D eigenvalue weighted by atomic mass is 9.93. The van der Waals surface area contributed by atoms with Gasteiger partial charge < -0.3 is 10.1 Å². The van der Waals surface area contributed by atoms with Crippen LogP contribution in [-0.4, -0.2) is 24.7 Å². The first-order chi connectivity index (χ1) is 8.31. The van der Waals surface area contributed by atoms with Crippen LogP contribution in [-0.2, 0) is 4.74 Å². The Labute approximate surface area is 101 Å². The van der Waals surface area contributed by atoms with Crippen LogP contribution in [0.25, 0.3) is 0 Å². The van der Waals surface area contributed by atoms with Gasteiger partial charge in [-0.05, 0) is 31.0 Å². The van der Waals surface area contributed by atoms with E-state index in [1.165, 1.54) is 6.20 Å². The quantitative estimate of drug-likeness (QED) is 0.854. The first kappa shape index (κ1) is 12.5. The maximum atomic E-state index is 13.2. The van der Waals surface area contributed by atoms with Crippen LogP contribution in [0.3, 0.4) is 0 Å². The van der Waals surface area contributed by atoms with E-state index in [0.29, 0.717) is 5.92 Å². The van der Waals surface area contributed by atoms with Gasteiger partial charge in [-0.1, -0.05) is 6.92 Å². The van der Waals surface area contributed by atoms with Crippen molar-refractivity contribution in [2.45, 2.75) is 25.8 Å². The summed E-state index contributed by atoms with van der Waals surface area (Å²) in [6.45, 7) is 4.60. The lowest BCUT2D eigenvalue weighted by molar-refractivity contribution is 0.176. The molecule has 0 aliphatic carbocycles. The lowest BCUT2D eigenvalue weighted by Gasteiger charge is -2.23. The maximum Gasteiger partial charge on any atom is 0.141 e.